The minimum Gasteiger partial charge on any atom is -0.127 e. The topological polar surface area (TPSA) is 0 Å². The fourth-order valence-electron chi connectivity index (χ4n) is 3.07. The molecule has 136 valence electrons. The highest BCUT2D eigenvalue weighted by Crippen LogP contribution is 2.14. The second-order valence-corrected chi connectivity index (χ2v) is 7.44. The van der Waals surface area contributed by atoms with Crippen molar-refractivity contribution in [3.63, 3.8) is 0 Å². The van der Waals surface area contributed by atoms with Crippen LogP contribution in [-0.4, -0.2) is 0 Å². The summed E-state index contributed by atoms with van der Waals surface area (Å²) in [5.41, 5.74) is 4.58. The molecule has 0 atom stereocenters. The molecule has 0 aliphatic rings. The predicted molar refractivity (Wildman–Crippen MR) is 107 cm³/mol. The first kappa shape index (κ1) is 22.5. The zero-order chi connectivity index (χ0) is 17.0. The van der Waals surface area contributed by atoms with E-state index in [0.29, 0.717) is 0 Å². The summed E-state index contributed by atoms with van der Waals surface area (Å²) in [6.07, 6.45) is 26.6. The Balaban J connectivity index is 3.04. The Labute approximate surface area is 147 Å². The molecule has 0 bridgehead atoms. The SMILES string of the molecule is CCCCCCCCCCCCCCCCCCC=C=C(C)C. The van der Waals surface area contributed by atoms with Gasteiger partial charge in [0.15, 0.2) is 0 Å². The molecule has 0 unspecified atom stereocenters. The average molecular weight is 321 g/mol. The summed E-state index contributed by atoms with van der Waals surface area (Å²) in [4.78, 5) is 0. The molecule has 0 aromatic carbocycles. The van der Waals surface area contributed by atoms with Crippen molar-refractivity contribution < 1.29 is 0 Å². The van der Waals surface area contributed by atoms with Crippen molar-refractivity contribution in [3.8, 4) is 0 Å². The molecule has 0 saturated heterocycles. The van der Waals surface area contributed by atoms with Gasteiger partial charge < -0.3 is 0 Å². The lowest BCUT2D eigenvalue weighted by Gasteiger charge is -2.03. The highest BCUT2D eigenvalue weighted by molar-refractivity contribution is 4.93. The lowest BCUT2D eigenvalue weighted by Crippen LogP contribution is -1.83. The van der Waals surface area contributed by atoms with E-state index >= 15 is 0 Å². The fraction of sp³-hybridized carbons (Fsp3) is 0.870. The van der Waals surface area contributed by atoms with Crippen molar-refractivity contribution in [2.75, 3.05) is 0 Å². The molecule has 0 heterocycles. The maximum absolute atomic E-state index is 3.29. The van der Waals surface area contributed by atoms with Gasteiger partial charge in [0.1, 0.15) is 0 Å². The molecule has 0 rings (SSSR count). The van der Waals surface area contributed by atoms with Gasteiger partial charge in [-0.15, -0.1) is 5.73 Å². The molecule has 0 radical (unpaired) electrons. The van der Waals surface area contributed by atoms with Gasteiger partial charge >= 0.3 is 0 Å². The Morgan fingerprint density at radius 1 is 0.565 bits per heavy atom. The summed E-state index contributed by atoms with van der Waals surface area (Å²) < 4.78 is 0. The molecule has 0 aromatic rings. The number of hydrogen-bond donors (Lipinski definition) is 0. The van der Waals surface area contributed by atoms with E-state index in [2.05, 4.69) is 32.6 Å². The number of allylic oxidation sites excluding steroid dienone is 1. The van der Waals surface area contributed by atoms with Crippen molar-refractivity contribution >= 4 is 0 Å². The summed E-state index contributed by atoms with van der Waals surface area (Å²) in [6, 6.07) is 0. The number of unbranched alkanes of at least 4 members (excludes halogenated alkanes) is 16. The van der Waals surface area contributed by atoms with Crippen molar-refractivity contribution in [1.82, 2.24) is 0 Å². The van der Waals surface area contributed by atoms with Crippen LogP contribution in [-0.2, 0) is 0 Å². The van der Waals surface area contributed by atoms with Gasteiger partial charge in [-0.3, -0.25) is 0 Å². The first-order chi connectivity index (χ1) is 11.3. The summed E-state index contributed by atoms with van der Waals surface area (Å²) in [7, 11) is 0. The Morgan fingerprint density at radius 2 is 0.913 bits per heavy atom. The molecule has 0 aliphatic heterocycles. The molecule has 0 amide bonds. The van der Waals surface area contributed by atoms with E-state index < -0.39 is 0 Å². The standard InChI is InChI=1S/C23H44/c1-4-5-6-7-8-9-10-11-12-13-14-15-16-17-18-19-20-21-22-23(2)3/h21H,4-20H2,1-3H3. The van der Waals surface area contributed by atoms with E-state index in [-0.39, 0.29) is 0 Å². The van der Waals surface area contributed by atoms with Crippen LogP contribution in [0, 0.1) is 0 Å². The summed E-state index contributed by atoms with van der Waals surface area (Å²) in [5.74, 6) is 0. The minimum absolute atomic E-state index is 1.21. The third-order valence-corrected chi connectivity index (χ3v) is 4.59. The molecule has 0 heteroatoms. The van der Waals surface area contributed by atoms with E-state index in [1.165, 1.54) is 115 Å². The first-order valence-electron chi connectivity index (χ1n) is 10.7. The van der Waals surface area contributed by atoms with Crippen molar-refractivity contribution in [2.45, 2.75) is 130 Å². The van der Waals surface area contributed by atoms with Crippen LogP contribution in [0.2, 0.25) is 0 Å². The predicted octanol–water partition coefficient (Wildman–Crippen LogP) is 8.76. The largest absolute Gasteiger partial charge is 0.127 e. The molecule has 0 nitrogen and oxygen atoms in total. The highest BCUT2D eigenvalue weighted by Gasteiger charge is 1.94. The summed E-state index contributed by atoms with van der Waals surface area (Å²) in [6.45, 7) is 6.53. The zero-order valence-electron chi connectivity index (χ0n) is 16.6. The smallest absolute Gasteiger partial charge is 0.0274 e. The fourth-order valence-corrected chi connectivity index (χ4v) is 3.07. The van der Waals surface area contributed by atoms with Gasteiger partial charge in [0.25, 0.3) is 0 Å². The molecule has 0 spiro atoms. The highest BCUT2D eigenvalue weighted by atomic mass is 14.0. The van der Waals surface area contributed by atoms with E-state index in [1.807, 2.05) is 0 Å². The van der Waals surface area contributed by atoms with E-state index in [1.54, 1.807) is 0 Å². The molecular weight excluding hydrogens is 276 g/mol. The van der Waals surface area contributed by atoms with Crippen molar-refractivity contribution in [3.05, 3.63) is 17.4 Å². The number of rotatable bonds is 17. The normalized spacial score (nSPS) is 10.6. The van der Waals surface area contributed by atoms with E-state index in [0.717, 1.165) is 0 Å². The van der Waals surface area contributed by atoms with Gasteiger partial charge in [0.05, 0.1) is 0 Å². The second-order valence-electron chi connectivity index (χ2n) is 7.44. The molecule has 0 aromatic heterocycles. The van der Waals surface area contributed by atoms with Gasteiger partial charge in [-0.05, 0) is 38.3 Å². The maximum atomic E-state index is 3.29. The lowest BCUT2D eigenvalue weighted by molar-refractivity contribution is 0.530. The zero-order valence-corrected chi connectivity index (χ0v) is 16.6. The van der Waals surface area contributed by atoms with Crippen LogP contribution in [0.5, 0.6) is 0 Å². The molecule has 0 fully saturated rings. The van der Waals surface area contributed by atoms with Gasteiger partial charge in [0, 0.05) is 0 Å². The quantitative estimate of drug-likeness (QED) is 0.185. The van der Waals surface area contributed by atoms with Crippen LogP contribution in [0.25, 0.3) is 0 Å². The second kappa shape index (κ2) is 19.6. The van der Waals surface area contributed by atoms with Crippen LogP contribution in [0.3, 0.4) is 0 Å². The maximum Gasteiger partial charge on any atom is -0.0274 e. The molecule has 0 aliphatic carbocycles. The van der Waals surface area contributed by atoms with Gasteiger partial charge in [0.2, 0.25) is 0 Å². The Hall–Kier alpha value is -0.480. The third kappa shape index (κ3) is 21.5. The molecular formula is C23H44. The molecule has 0 N–H and O–H groups in total. The van der Waals surface area contributed by atoms with Crippen molar-refractivity contribution in [1.29, 1.82) is 0 Å². The van der Waals surface area contributed by atoms with E-state index in [4.69, 9.17) is 0 Å². The van der Waals surface area contributed by atoms with Gasteiger partial charge in [-0.2, -0.15) is 0 Å². The molecule has 0 saturated carbocycles. The Morgan fingerprint density at radius 3 is 1.26 bits per heavy atom. The Bertz CT molecular complexity index is 276. The van der Waals surface area contributed by atoms with Gasteiger partial charge in [-0.1, -0.05) is 103 Å². The first-order valence-corrected chi connectivity index (χ1v) is 10.7. The third-order valence-electron chi connectivity index (χ3n) is 4.59. The van der Waals surface area contributed by atoms with Crippen LogP contribution in [0.4, 0.5) is 0 Å². The lowest BCUT2D eigenvalue weighted by atomic mass is 10.0. The monoisotopic (exact) mass is 320 g/mol. The summed E-state index contributed by atoms with van der Waals surface area (Å²) in [5, 5.41) is 0. The Kier molecular flexibility index (Phi) is 19.2. The molecule has 23 heavy (non-hydrogen) atoms. The minimum atomic E-state index is 1.21. The van der Waals surface area contributed by atoms with Crippen LogP contribution < -0.4 is 0 Å². The van der Waals surface area contributed by atoms with Crippen LogP contribution in [0.15, 0.2) is 17.4 Å². The van der Waals surface area contributed by atoms with E-state index in [9.17, 15) is 0 Å². The van der Waals surface area contributed by atoms with Crippen LogP contribution in [0.1, 0.15) is 130 Å². The van der Waals surface area contributed by atoms with Crippen LogP contribution >= 0.6 is 0 Å². The summed E-state index contributed by atoms with van der Waals surface area (Å²) >= 11 is 0. The number of hydrogen-bond acceptors (Lipinski definition) is 0. The van der Waals surface area contributed by atoms with Crippen molar-refractivity contribution in [2.24, 2.45) is 0 Å². The average Bonchev–Trinajstić information content (AvgIpc) is 2.53. The van der Waals surface area contributed by atoms with Gasteiger partial charge in [-0.25, -0.2) is 0 Å².